The fourth-order valence-electron chi connectivity index (χ4n) is 1.42. The van der Waals surface area contributed by atoms with Crippen molar-refractivity contribution in [1.29, 1.82) is 0 Å². The van der Waals surface area contributed by atoms with Gasteiger partial charge < -0.3 is 10.1 Å². The lowest BCUT2D eigenvalue weighted by Crippen LogP contribution is -2.32. The van der Waals surface area contributed by atoms with Crippen molar-refractivity contribution in [2.75, 3.05) is 13.1 Å². The van der Waals surface area contributed by atoms with Crippen molar-refractivity contribution in [1.82, 2.24) is 5.32 Å². The molecule has 1 N–H and O–H groups in total. The molecule has 0 saturated carbocycles. The molecule has 1 fully saturated rings. The summed E-state index contributed by atoms with van der Waals surface area (Å²) in [4.78, 5) is 0. The van der Waals surface area contributed by atoms with Crippen molar-refractivity contribution < 1.29 is 4.74 Å². The van der Waals surface area contributed by atoms with Gasteiger partial charge in [0.2, 0.25) is 0 Å². The lowest BCUT2D eigenvalue weighted by molar-refractivity contribution is 0.0742. The number of hydrogen-bond donors (Lipinski definition) is 1. The smallest absolute Gasteiger partial charge is 0.0840 e. The van der Waals surface area contributed by atoms with Gasteiger partial charge in [-0.15, -0.1) is 0 Å². The number of nitrogens with one attached hydrogen (secondary N) is 1. The van der Waals surface area contributed by atoms with Gasteiger partial charge in [-0.05, 0) is 32.4 Å². The van der Waals surface area contributed by atoms with Crippen molar-refractivity contribution in [3.05, 3.63) is 6.61 Å². The lowest BCUT2D eigenvalue weighted by Gasteiger charge is -2.22. The van der Waals surface area contributed by atoms with E-state index in [1.165, 1.54) is 25.7 Å². The molecule has 0 amide bonds. The summed E-state index contributed by atoms with van der Waals surface area (Å²) in [5, 5.41) is 3.32. The van der Waals surface area contributed by atoms with Crippen LogP contribution >= 0.6 is 0 Å². The van der Waals surface area contributed by atoms with Gasteiger partial charge in [-0.1, -0.05) is 19.8 Å². The maximum Gasteiger partial charge on any atom is 0.0840 e. The topological polar surface area (TPSA) is 21.3 Å². The first kappa shape index (κ1) is 10.0. The first-order valence-electron chi connectivity index (χ1n) is 5.11. The van der Waals surface area contributed by atoms with Gasteiger partial charge in [0.1, 0.15) is 0 Å². The van der Waals surface area contributed by atoms with E-state index >= 15 is 0 Å². The Bertz CT molecular complexity index is 100. The predicted octanol–water partition coefficient (Wildman–Crippen LogP) is 2.11. The van der Waals surface area contributed by atoms with Gasteiger partial charge in [0.25, 0.3) is 0 Å². The summed E-state index contributed by atoms with van der Waals surface area (Å²) >= 11 is 0. The van der Waals surface area contributed by atoms with Crippen molar-refractivity contribution in [3.63, 3.8) is 0 Å². The van der Waals surface area contributed by atoms with Crippen LogP contribution in [0.5, 0.6) is 0 Å². The molecule has 71 valence electrons. The average Bonchev–Trinajstić information content (AvgIpc) is 2.14. The molecule has 1 aliphatic rings. The fraction of sp³-hybridized carbons (Fsp3) is 0.900. The summed E-state index contributed by atoms with van der Waals surface area (Å²) in [7, 11) is 0. The maximum atomic E-state index is 5.62. The molecule has 1 radical (unpaired) electrons. The van der Waals surface area contributed by atoms with Crippen LogP contribution in [0.1, 0.15) is 39.0 Å². The highest BCUT2D eigenvalue weighted by atomic mass is 16.5. The summed E-state index contributed by atoms with van der Waals surface area (Å²) in [5.74, 6) is 0. The second-order valence-corrected chi connectivity index (χ2v) is 3.39. The minimum Gasteiger partial charge on any atom is -0.372 e. The normalized spacial score (nSPS) is 19.8. The van der Waals surface area contributed by atoms with E-state index in [0.29, 0.717) is 6.10 Å². The van der Waals surface area contributed by atoms with E-state index in [-0.39, 0.29) is 0 Å². The Kier molecular flexibility index (Phi) is 5.37. The van der Waals surface area contributed by atoms with E-state index in [2.05, 4.69) is 12.2 Å². The quantitative estimate of drug-likeness (QED) is 0.638. The SMILES string of the molecule is CCCC[CH]OC1CCNCC1. The third kappa shape index (κ3) is 4.07. The zero-order valence-corrected chi connectivity index (χ0v) is 8.01. The first-order valence-corrected chi connectivity index (χ1v) is 5.11. The molecule has 0 unspecified atom stereocenters. The second kappa shape index (κ2) is 6.44. The molecular formula is C10H20NO. The van der Waals surface area contributed by atoms with Crippen molar-refractivity contribution >= 4 is 0 Å². The molecule has 2 nitrogen and oxygen atoms in total. The highest BCUT2D eigenvalue weighted by molar-refractivity contribution is 4.69. The molecule has 0 atom stereocenters. The molecule has 0 aliphatic carbocycles. The van der Waals surface area contributed by atoms with Crippen LogP contribution in [0.15, 0.2) is 0 Å². The molecule has 1 heterocycles. The fourth-order valence-corrected chi connectivity index (χ4v) is 1.42. The highest BCUT2D eigenvalue weighted by Crippen LogP contribution is 2.10. The number of rotatable bonds is 5. The van der Waals surface area contributed by atoms with Gasteiger partial charge in [0, 0.05) is 0 Å². The molecule has 0 aromatic carbocycles. The van der Waals surface area contributed by atoms with E-state index in [1.54, 1.807) is 0 Å². The van der Waals surface area contributed by atoms with E-state index < -0.39 is 0 Å². The minimum absolute atomic E-state index is 0.489. The average molecular weight is 170 g/mol. The number of piperidine rings is 1. The molecule has 0 aromatic rings. The minimum atomic E-state index is 0.489. The van der Waals surface area contributed by atoms with E-state index in [4.69, 9.17) is 4.74 Å². The van der Waals surface area contributed by atoms with Crippen LogP contribution < -0.4 is 5.32 Å². The Balaban J connectivity index is 1.91. The standard InChI is InChI=1S/C10H20NO/c1-2-3-4-9-12-10-5-7-11-8-6-10/h9-11H,2-8H2,1H3. The van der Waals surface area contributed by atoms with Gasteiger partial charge in [-0.3, -0.25) is 0 Å². The van der Waals surface area contributed by atoms with Gasteiger partial charge in [0.15, 0.2) is 0 Å². The molecule has 1 saturated heterocycles. The molecule has 0 bridgehead atoms. The molecule has 0 spiro atoms. The van der Waals surface area contributed by atoms with Crippen LogP contribution in [0.2, 0.25) is 0 Å². The molecule has 2 heteroatoms. The number of hydrogen-bond acceptors (Lipinski definition) is 2. The lowest BCUT2D eigenvalue weighted by atomic mass is 10.1. The van der Waals surface area contributed by atoms with Crippen LogP contribution in [0.3, 0.4) is 0 Å². The van der Waals surface area contributed by atoms with Gasteiger partial charge >= 0.3 is 0 Å². The Morgan fingerprint density at radius 1 is 1.42 bits per heavy atom. The van der Waals surface area contributed by atoms with Gasteiger partial charge in [0.05, 0.1) is 12.7 Å². The summed E-state index contributed by atoms with van der Waals surface area (Å²) in [5.41, 5.74) is 0. The zero-order valence-electron chi connectivity index (χ0n) is 8.01. The summed E-state index contributed by atoms with van der Waals surface area (Å²) in [6.45, 7) is 6.44. The number of ether oxygens (including phenoxy) is 1. The summed E-state index contributed by atoms with van der Waals surface area (Å²) in [6, 6.07) is 0. The zero-order chi connectivity index (χ0) is 8.65. The third-order valence-corrected chi connectivity index (χ3v) is 2.25. The second-order valence-electron chi connectivity index (χ2n) is 3.39. The van der Waals surface area contributed by atoms with E-state index in [1.807, 2.05) is 6.61 Å². The first-order chi connectivity index (χ1) is 5.93. The Morgan fingerprint density at radius 2 is 2.17 bits per heavy atom. The Labute approximate surface area is 75.7 Å². The largest absolute Gasteiger partial charge is 0.372 e. The van der Waals surface area contributed by atoms with Gasteiger partial charge in [-0.2, -0.15) is 0 Å². The van der Waals surface area contributed by atoms with E-state index in [9.17, 15) is 0 Å². The van der Waals surface area contributed by atoms with Crippen LogP contribution in [0.25, 0.3) is 0 Å². The molecule has 0 aromatic heterocycles. The summed E-state index contributed by atoms with van der Waals surface area (Å²) in [6.07, 6.45) is 6.45. The highest BCUT2D eigenvalue weighted by Gasteiger charge is 2.12. The molecule has 12 heavy (non-hydrogen) atoms. The van der Waals surface area contributed by atoms with Gasteiger partial charge in [-0.25, -0.2) is 0 Å². The van der Waals surface area contributed by atoms with Crippen LogP contribution in [0, 0.1) is 6.61 Å². The van der Waals surface area contributed by atoms with Crippen LogP contribution in [-0.4, -0.2) is 19.2 Å². The van der Waals surface area contributed by atoms with Crippen molar-refractivity contribution in [3.8, 4) is 0 Å². The molecule has 1 aliphatic heterocycles. The summed E-state index contributed by atoms with van der Waals surface area (Å²) < 4.78 is 5.62. The Hall–Kier alpha value is -0.0800. The van der Waals surface area contributed by atoms with Crippen molar-refractivity contribution in [2.24, 2.45) is 0 Å². The molecule has 1 rings (SSSR count). The van der Waals surface area contributed by atoms with Crippen LogP contribution in [0.4, 0.5) is 0 Å². The van der Waals surface area contributed by atoms with E-state index in [0.717, 1.165) is 19.5 Å². The van der Waals surface area contributed by atoms with Crippen molar-refractivity contribution in [2.45, 2.75) is 45.1 Å². The Morgan fingerprint density at radius 3 is 2.83 bits per heavy atom. The number of unbranched alkanes of at least 4 members (excludes halogenated alkanes) is 2. The third-order valence-electron chi connectivity index (χ3n) is 2.25. The maximum absolute atomic E-state index is 5.62. The van der Waals surface area contributed by atoms with Crippen LogP contribution in [-0.2, 0) is 4.74 Å². The monoisotopic (exact) mass is 170 g/mol. The predicted molar refractivity (Wildman–Crippen MR) is 50.8 cm³/mol. The molecular weight excluding hydrogens is 150 g/mol.